The monoisotopic (exact) mass is 366 g/mol. The Hall–Kier alpha value is -2.07. The van der Waals surface area contributed by atoms with Crippen molar-refractivity contribution in [3.05, 3.63) is 23.7 Å². The van der Waals surface area contributed by atoms with E-state index in [9.17, 15) is 18.0 Å². The van der Waals surface area contributed by atoms with Crippen molar-refractivity contribution in [2.45, 2.75) is 19.6 Å². The predicted octanol–water partition coefficient (Wildman–Crippen LogP) is 1.84. The van der Waals surface area contributed by atoms with Gasteiger partial charge in [-0.25, -0.2) is 9.59 Å². The van der Waals surface area contributed by atoms with Gasteiger partial charge in [0, 0.05) is 26.2 Å². The summed E-state index contributed by atoms with van der Waals surface area (Å²) in [6, 6.07) is 3.54. The minimum Gasteiger partial charge on any atom is -0.475 e. The van der Waals surface area contributed by atoms with Gasteiger partial charge in [0.2, 0.25) is 5.76 Å². The highest BCUT2D eigenvalue weighted by Crippen LogP contribution is 2.13. The molecule has 0 unspecified atom stereocenters. The minimum absolute atomic E-state index is 0.293. The Balaban J connectivity index is 0.000000381. The Morgan fingerprint density at radius 2 is 1.80 bits per heavy atom. The van der Waals surface area contributed by atoms with Crippen molar-refractivity contribution in [2.24, 2.45) is 0 Å². The van der Waals surface area contributed by atoms with Crippen LogP contribution in [-0.2, 0) is 16.1 Å². The van der Waals surface area contributed by atoms with Gasteiger partial charge >= 0.3 is 18.1 Å². The standard InChI is InChI=1S/C13H20N2O3.C2HF3O2/c1-3-17-13(16)12-5-4-11(18-12)10-15-8-6-14(2)7-9-15;3-2(4,5)1(6)7/h4-5H,3,6-10H2,1-2H3;(H,6,7). The maximum absolute atomic E-state index is 11.5. The number of carbonyl (C=O) groups excluding carboxylic acids is 1. The Morgan fingerprint density at radius 3 is 2.28 bits per heavy atom. The number of carboxylic acid groups (broad SMARTS) is 1. The number of aliphatic carboxylic acids is 1. The number of halogens is 3. The third kappa shape index (κ3) is 7.57. The smallest absolute Gasteiger partial charge is 0.475 e. The van der Waals surface area contributed by atoms with Crippen molar-refractivity contribution in [1.82, 2.24) is 9.80 Å². The summed E-state index contributed by atoms with van der Waals surface area (Å²) >= 11 is 0. The fourth-order valence-corrected chi connectivity index (χ4v) is 2.00. The number of likely N-dealkylation sites (N-methyl/N-ethyl adjacent to an activating group) is 1. The van der Waals surface area contributed by atoms with Gasteiger partial charge < -0.3 is 19.2 Å². The number of ether oxygens (including phenoxy) is 1. The van der Waals surface area contributed by atoms with Crippen LogP contribution < -0.4 is 0 Å². The summed E-state index contributed by atoms with van der Waals surface area (Å²) in [5, 5.41) is 7.12. The first-order chi connectivity index (χ1) is 11.6. The van der Waals surface area contributed by atoms with Gasteiger partial charge in [-0.1, -0.05) is 0 Å². The van der Waals surface area contributed by atoms with Crippen LogP contribution in [0.4, 0.5) is 13.2 Å². The van der Waals surface area contributed by atoms with Crippen LogP contribution in [-0.4, -0.2) is 72.9 Å². The van der Waals surface area contributed by atoms with Crippen molar-refractivity contribution < 1.29 is 37.0 Å². The maximum Gasteiger partial charge on any atom is 0.490 e. The van der Waals surface area contributed by atoms with E-state index in [0.717, 1.165) is 38.5 Å². The topological polar surface area (TPSA) is 83.2 Å². The third-order valence-corrected chi connectivity index (χ3v) is 3.36. The van der Waals surface area contributed by atoms with Crippen molar-refractivity contribution in [3.8, 4) is 0 Å². The molecule has 7 nitrogen and oxygen atoms in total. The molecule has 1 N–H and O–H groups in total. The molecule has 2 heterocycles. The average molecular weight is 366 g/mol. The first-order valence-corrected chi connectivity index (χ1v) is 7.60. The van der Waals surface area contributed by atoms with E-state index in [0.29, 0.717) is 12.4 Å². The van der Waals surface area contributed by atoms with Crippen molar-refractivity contribution in [1.29, 1.82) is 0 Å². The van der Waals surface area contributed by atoms with E-state index >= 15 is 0 Å². The maximum atomic E-state index is 11.5. The van der Waals surface area contributed by atoms with E-state index < -0.39 is 12.1 Å². The average Bonchev–Trinajstić information content (AvgIpc) is 2.98. The Bertz CT molecular complexity index is 566. The van der Waals surface area contributed by atoms with Gasteiger partial charge in [0.05, 0.1) is 13.2 Å². The summed E-state index contributed by atoms with van der Waals surface area (Å²) in [5.74, 6) is -2.03. The number of carboxylic acids is 1. The Morgan fingerprint density at radius 1 is 1.24 bits per heavy atom. The van der Waals surface area contributed by atoms with E-state index in [1.807, 2.05) is 6.07 Å². The highest BCUT2D eigenvalue weighted by atomic mass is 19.4. The predicted molar refractivity (Wildman–Crippen MR) is 81.1 cm³/mol. The Kier molecular flexibility index (Phi) is 7.91. The summed E-state index contributed by atoms with van der Waals surface area (Å²) in [6.07, 6.45) is -5.08. The minimum atomic E-state index is -5.08. The van der Waals surface area contributed by atoms with Gasteiger partial charge in [-0.2, -0.15) is 13.2 Å². The molecule has 1 aliphatic rings. The van der Waals surface area contributed by atoms with E-state index in [1.165, 1.54) is 0 Å². The molecule has 10 heteroatoms. The number of esters is 1. The van der Waals surface area contributed by atoms with Crippen LogP contribution in [0.25, 0.3) is 0 Å². The zero-order chi connectivity index (χ0) is 19.0. The molecule has 1 aromatic heterocycles. The molecule has 25 heavy (non-hydrogen) atoms. The molecule has 0 amide bonds. The lowest BCUT2D eigenvalue weighted by Gasteiger charge is -2.31. The number of carbonyl (C=O) groups is 2. The first-order valence-electron chi connectivity index (χ1n) is 7.60. The van der Waals surface area contributed by atoms with E-state index in [4.69, 9.17) is 19.1 Å². The first kappa shape index (κ1) is 21.0. The van der Waals surface area contributed by atoms with Crippen molar-refractivity contribution >= 4 is 11.9 Å². The van der Waals surface area contributed by atoms with E-state index in [-0.39, 0.29) is 5.97 Å². The second kappa shape index (κ2) is 9.42. The molecule has 0 aromatic carbocycles. The number of hydrogen-bond donors (Lipinski definition) is 1. The van der Waals surface area contributed by atoms with Crippen LogP contribution in [0.2, 0.25) is 0 Å². The van der Waals surface area contributed by atoms with Gasteiger partial charge in [-0.3, -0.25) is 4.90 Å². The number of alkyl halides is 3. The molecular formula is C15H21F3N2O5. The number of piperazine rings is 1. The van der Waals surface area contributed by atoms with Crippen LogP contribution >= 0.6 is 0 Å². The van der Waals surface area contributed by atoms with Crippen LogP contribution in [0.1, 0.15) is 23.2 Å². The summed E-state index contributed by atoms with van der Waals surface area (Å²) in [7, 11) is 2.13. The second-order valence-electron chi connectivity index (χ2n) is 5.37. The molecule has 2 rings (SSSR count). The molecule has 0 spiro atoms. The lowest BCUT2D eigenvalue weighted by Crippen LogP contribution is -2.43. The SMILES string of the molecule is CCOC(=O)c1ccc(CN2CCN(C)CC2)o1.O=C(O)C(F)(F)F. The van der Waals surface area contributed by atoms with Gasteiger partial charge in [-0.05, 0) is 26.1 Å². The molecule has 142 valence electrons. The van der Waals surface area contributed by atoms with Gasteiger partial charge in [-0.15, -0.1) is 0 Å². The second-order valence-corrected chi connectivity index (χ2v) is 5.37. The van der Waals surface area contributed by atoms with Gasteiger partial charge in [0.1, 0.15) is 5.76 Å². The van der Waals surface area contributed by atoms with Crippen molar-refractivity contribution in [2.75, 3.05) is 39.8 Å². The lowest BCUT2D eigenvalue weighted by atomic mass is 10.3. The fourth-order valence-electron chi connectivity index (χ4n) is 2.00. The summed E-state index contributed by atoms with van der Waals surface area (Å²) in [5.41, 5.74) is 0. The molecule has 1 aromatic rings. The summed E-state index contributed by atoms with van der Waals surface area (Å²) in [6.45, 7) is 7.13. The van der Waals surface area contributed by atoms with E-state index in [2.05, 4.69) is 16.8 Å². The zero-order valence-electron chi connectivity index (χ0n) is 14.0. The van der Waals surface area contributed by atoms with Crippen LogP contribution in [0, 0.1) is 0 Å². The van der Waals surface area contributed by atoms with Crippen LogP contribution in [0.3, 0.4) is 0 Å². The summed E-state index contributed by atoms with van der Waals surface area (Å²) in [4.78, 5) is 25.0. The fraction of sp³-hybridized carbons (Fsp3) is 0.600. The molecule has 1 fully saturated rings. The lowest BCUT2D eigenvalue weighted by molar-refractivity contribution is -0.192. The molecule has 0 radical (unpaired) electrons. The summed E-state index contributed by atoms with van der Waals surface area (Å²) < 4.78 is 42.1. The molecule has 0 bridgehead atoms. The largest absolute Gasteiger partial charge is 0.490 e. The quantitative estimate of drug-likeness (QED) is 0.814. The van der Waals surface area contributed by atoms with Gasteiger partial charge in [0.25, 0.3) is 0 Å². The molecule has 0 aliphatic carbocycles. The molecule has 1 aliphatic heterocycles. The van der Waals surface area contributed by atoms with E-state index in [1.54, 1.807) is 13.0 Å². The highest BCUT2D eigenvalue weighted by molar-refractivity contribution is 5.86. The Labute approximate surface area is 142 Å². The molecule has 0 atom stereocenters. The van der Waals surface area contributed by atoms with Gasteiger partial charge in [0.15, 0.2) is 0 Å². The molecule has 1 saturated heterocycles. The third-order valence-electron chi connectivity index (χ3n) is 3.36. The number of nitrogens with zero attached hydrogens (tertiary/aromatic N) is 2. The molecule has 0 saturated carbocycles. The number of hydrogen-bond acceptors (Lipinski definition) is 6. The normalized spacial score (nSPS) is 16.0. The zero-order valence-corrected chi connectivity index (χ0v) is 14.0. The van der Waals surface area contributed by atoms with Crippen LogP contribution in [0.15, 0.2) is 16.5 Å². The van der Waals surface area contributed by atoms with Crippen molar-refractivity contribution in [3.63, 3.8) is 0 Å². The van der Waals surface area contributed by atoms with Crippen LogP contribution in [0.5, 0.6) is 0 Å². The molecular weight excluding hydrogens is 345 g/mol. The highest BCUT2D eigenvalue weighted by Gasteiger charge is 2.38. The number of rotatable bonds is 4. The number of furan rings is 1.